The number of oxime groups is 1. The average molecular weight is 271 g/mol. The normalized spacial score (nSPS) is 11.5. The Bertz CT molecular complexity index is 418. The summed E-state index contributed by atoms with van der Waals surface area (Å²) in [7, 11) is 0. The first-order valence-electron chi connectivity index (χ1n) is 5.74. The number of carbonyl (C=O) groups is 1. The fourth-order valence-electron chi connectivity index (χ4n) is 1.38. The van der Waals surface area contributed by atoms with E-state index in [0.717, 1.165) is 30.1 Å². The number of hydrogen-bond acceptors (Lipinski definition) is 6. The van der Waals surface area contributed by atoms with Gasteiger partial charge in [0, 0.05) is 13.0 Å². The number of amidine groups is 1. The Morgan fingerprint density at radius 1 is 1.61 bits per heavy atom. The number of amides is 1. The summed E-state index contributed by atoms with van der Waals surface area (Å²) in [5.74, 6) is 0.00309. The van der Waals surface area contributed by atoms with E-state index in [2.05, 4.69) is 20.1 Å². The number of hydrogen-bond donors (Lipinski definition) is 3. The second kappa shape index (κ2) is 7.59. The highest BCUT2D eigenvalue weighted by Gasteiger charge is 2.14. The van der Waals surface area contributed by atoms with Gasteiger partial charge in [0.15, 0.2) is 0 Å². The number of nitrogens with zero attached hydrogens (tertiary/aromatic N) is 3. The molecule has 4 N–H and O–H groups in total. The SMILES string of the molecule is CCCc1nnsc1C(=O)NCCCC(N)=NO. The number of aryl methyl sites for hydroxylation is 1. The predicted octanol–water partition coefficient (Wildman–Crippen LogP) is 0.747. The Hall–Kier alpha value is -1.70. The molecule has 0 unspecified atom stereocenters. The second-order valence-corrected chi connectivity index (χ2v) is 4.50. The van der Waals surface area contributed by atoms with Gasteiger partial charge in [0.2, 0.25) is 0 Å². The van der Waals surface area contributed by atoms with Crippen molar-refractivity contribution in [3.8, 4) is 0 Å². The molecule has 0 bridgehead atoms. The molecule has 0 atom stereocenters. The minimum absolute atomic E-state index is 0.159. The molecule has 1 amide bonds. The van der Waals surface area contributed by atoms with Crippen LogP contribution in [0.2, 0.25) is 0 Å². The second-order valence-electron chi connectivity index (χ2n) is 3.75. The first-order valence-corrected chi connectivity index (χ1v) is 6.52. The predicted molar refractivity (Wildman–Crippen MR) is 68.9 cm³/mol. The summed E-state index contributed by atoms with van der Waals surface area (Å²) in [5.41, 5.74) is 6.06. The van der Waals surface area contributed by atoms with Crippen LogP contribution in [0, 0.1) is 0 Å². The van der Waals surface area contributed by atoms with Gasteiger partial charge < -0.3 is 16.3 Å². The molecule has 1 rings (SSSR count). The van der Waals surface area contributed by atoms with Crippen LogP contribution in [0.4, 0.5) is 0 Å². The lowest BCUT2D eigenvalue weighted by Crippen LogP contribution is -2.25. The van der Waals surface area contributed by atoms with Crippen LogP contribution >= 0.6 is 11.5 Å². The highest BCUT2D eigenvalue weighted by atomic mass is 32.1. The Labute approximate surface area is 109 Å². The van der Waals surface area contributed by atoms with Crippen molar-refractivity contribution in [1.82, 2.24) is 14.9 Å². The van der Waals surface area contributed by atoms with Gasteiger partial charge in [-0.15, -0.1) is 5.10 Å². The van der Waals surface area contributed by atoms with Gasteiger partial charge in [-0.2, -0.15) is 0 Å². The fourth-order valence-corrected chi connectivity index (χ4v) is 2.01. The largest absolute Gasteiger partial charge is 0.409 e. The molecular weight excluding hydrogens is 254 g/mol. The number of nitrogens with two attached hydrogens (primary N) is 1. The number of carbonyl (C=O) groups excluding carboxylic acids is 1. The van der Waals surface area contributed by atoms with Crippen molar-refractivity contribution in [3.63, 3.8) is 0 Å². The molecule has 0 aliphatic carbocycles. The zero-order valence-electron chi connectivity index (χ0n) is 10.2. The van der Waals surface area contributed by atoms with E-state index in [1.165, 1.54) is 0 Å². The van der Waals surface area contributed by atoms with Gasteiger partial charge >= 0.3 is 0 Å². The smallest absolute Gasteiger partial charge is 0.264 e. The Kier molecular flexibility index (Phi) is 6.06. The van der Waals surface area contributed by atoms with E-state index >= 15 is 0 Å². The molecule has 0 saturated heterocycles. The number of aromatic nitrogens is 2. The summed E-state index contributed by atoms with van der Waals surface area (Å²) < 4.78 is 3.79. The summed E-state index contributed by atoms with van der Waals surface area (Å²) in [6.07, 6.45) is 2.75. The molecule has 0 spiro atoms. The van der Waals surface area contributed by atoms with E-state index in [-0.39, 0.29) is 11.7 Å². The Morgan fingerprint density at radius 3 is 3.06 bits per heavy atom. The number of rotatable bonds is 7. The van der Waals surface area contributed by atoms with E-state index in [0.29, 0.717) is 24.3 Å². The van der Waals surface area contributed by atoms with E-state index in [4.69, 9.17) is 10.9 Å². The van der Waals surface area contributed by atoms with Crippen LogP contribution in [-0.2, 0) is 6.42 Å². The molecule has 0 aliphatic heterocycles. The summed E-state index contributed by atoms with van der Waals surface area (Å²) in [4.78, 5) is 12.4. The standard InChI is InChI=1S/C10H17N5O2S/c1-2-4-7-9(18-15-13-7)10(16)12-6-3-5-8(11)14-17/h17H,2-6H2,1H3,(H2,11,14)(H,12,16). The maximum absolute atomic E-state index is 11.8. The van der Waals surface area contributed by atoms with Crippen LogP contribution < -0.4 is 11.1 Å². The molecule has 7 nitrogen and oxygen atoms in total. The van der Waals surface area contributed by atoms with Crippen molar-refractivity contribution in [2.45, 2.75) is 32.6 Å². The Balaban J connectivity index is 2.38. The summed E-state index contributed by atoms with van der Waals surface area (Å²) in [6, 6.07) is 0. The van der Waals surface area contributed by atoms with Crippen LogP contribution in [0.3, 0.4) is 0 Å². The van der Waals surface area contributed by atoms with Crippen molar-refractivity contribution >= 4 is 23.3 Å². The van der Waals surface area contributed by atoms with Crippen molar-refractivity contribution in [3.05, 3.63) is 10.6 Å². The molecule has 100 valence electrons. The van der Waals surface area contributed by atoms with Gasteiger partial charge in [-0.25, -0.2) is 0 Å². The van der Waals surface area contributed by atoms with Gasteiger partial charge in [0.1, 0.15) is 10.7 Å². The lowest BCUT2D eigenvalue weighted by atomic mass is 10.2. The minimum Gasteiger partial charge on any atom is -0.409 e. The lowest BCUT2D eigenvalue weighted by Gasteiger charge is -2.03. The molecule has 18 heavy (non-hydrogen) atoms. The van der Waals surface area contributed by atoms with Crippen molar-refractivity contribution in [1.29, 1.82) is 0 Å². The molecule has 1 aromatic heterocycles. The molecule has 0 aliphatic rings. The third-order valence-corrected chi connectivity index (χ3v) is 3.04. The van der Waals surface area contributed by atoms with Crippen LogP contribution in [-0.4, -0.2) is 33.1 Å². The quantitative estimate of drug-likeness (QED) is 0.222. The molecule has 1 heterocycles. The molecule has 1 aromatic rings. The molecule has 0 radical (unpaired) electrons. The van der Waals surface area contributed by atoms with Gasteiger partial charge in [-0.3, -0.25) is 4.79 Å². The molecule has 8 heteroatoms. The zero-order chi connectivity index (χ0) is 13.4. The van der Waals surface area contributed by atoms with Crippen molar-refractivity contribution < 1.29 is 10.0 Å². The average Bonchev–Trinajstić information content (AvgIpc) is 2.82. The first-order chi connectivity index (χ1) is 8.69. The molecular formula is C10H17N5O2S. The lowest BCUT2D eigenvalue weighted by molar-refractivity contribution is 0.0956. The van der Waals surface area contributed by atoms with Crippen LogP contribution in [0.25, 0.3) is 0 Å². The van der Waals surface area contributed by atoms with Crippen LogP contribution in [0.15, 0.2) is 5.16 Å². The summed E-state index contributed by atoms with van der Waals surface area (Å²) >= 11 is 1.10. The molecule has 0 saturated carbocycles. The highest BCUT2D eigenvalue weighted by Crippen LogP contribution is 2.12. The Morgan fingerprint density at radius 2 is 2.39 bits per heavy atom. The first kappa shape index (κ1) is 14.4. The fraction of sp³-hybridized carbons (Fsp3) is 0.600. The van der Waals surface area contributed by atoms with Crippen molar-refractivity contribution in [2.24, 2.45) is 10.9 Å². The van der Waals surface area contributed by atoms with E-state index in [9.17, 15) is 4.79 Å². The zero-order valence-corrected chi connectivity index (χ0v) is 11.0. The van der Waals surface area contributed by atoms with Gasteiger partial charge in [-0.05, 0) is 24.4 Å². The van der Waals surface area contributed by atoms with Gasteiger partial charge in [-0.1, -0.05) is 23.0 Å². The molecule has 0 aromatic carbocycles. The topological polar surface area (TPSA) is 113 Å². The number of nitrogens with one attached hydrogen (secondary N) is 1. The van der Waals surface area contributed by atoms with E-state index in [1.54, 1.807) is 0 Å². The highest BCUT2D eigenvalue weighted by molar-refractivity contribution is 7.08. The van der Waals surface area contributed by atoms with E-state index < -0.39 is 0 Å². The van der Waals surface area contributed by atoms with Crippen LogP contribution in [0.1, 0.15) is 41.6 Å². The third-order valence-electron chi connectivity index (χ3n) is 2.27. The summed E-state index contributed by atoms with van der Waals surface area (Å²) in [5, 5.41) is 17.9. The monoisotopic (exact) mass is 271 g/mol. The van der Waals surface area contributed by atoms with Gasteiger partial charge in [0.05, 0.1) is 5.69 Å². The maximum atomic E-state index is 11.8. The maximum Gasteiger partial charge on any atom is 0.264 e. The van der Waals surface area contributed by atoms with Crippen LogP contribution in [0.5, 0.6) is 0 Å². The van der Waals surface area contributed by atoms with Gasteiger partial charge in [0.25, 0.3) is 5.91 Å². The summed E-state index contributed by atoms with van der Waals surface area (Å²) in [6.45, 7) is 2.50. The third kappa shape index (κ3) is 4.28. The molecule has 0 fully saturated rings. The minimum atomic E-state index is -0.159. The van der Waals surface area contributed by atoms with Crippen molar-refractivity contribution in [2.75, 3.05) is 6.54 Å². The van der Waals surface area contributed by atoms with E-state index in [1.807, 2.05) is 6.92 Å².